The van der Waals surface area contributed by atoms with Crippen LogP contribution in [-0.4, -0.2) is 26.2 Å². The number of hydrogen-bond donors (Lipinski definition) is 1. The smallest absolute Gasteiger partial charge is 0.249 e. The van der Waals surface area contributed by atoms with E-state index in [1.54, 1.807) is 7.11 Å². The number of amides is 1. The minimum Gasteiger partial charge on any atom is -0.496 e. The Morgan fingerprint density at radius 3 is 2.06 bits per heavy atom. The average molecular weight is 490 g/mol. The molecule has 35 heavy (non-hydrogen) atoms. The quantitative estimate of drug-likeness (QED) is 0.391. The molecule has 1 aromatic carbocycles. The van der Waals surface area contributed by atoms with E-state index in [2.05, 4.69) is 34.6 Å². The van der Waals surface area contributed by atoms with Gasteiger partial charge in [-0.2, -0.15) is 0 Å². The van der Waals surface area contributed by atoms with Crippen molar-refractivity contribution >= 4 is 11.5 Å². The van der Waals surface area contributed by atoms with Gasteiger partial charge in [-0.05, 0) is 86.0 Å². The highest BCUT2D eigenvalue weighted by molar-refractivity contribution is 6.20. The minimum absolute atomic E-state index is 0.394. The lowest BCUT2D eigenvalue weighted by molar-refractivity contribution is -0.112. The first kappa shape index (κ1) is 33.2. The van der Waals surface area contributed by atoms with Crippen molar-refractivity contribution < 1.29 is 14.3 Å². The van der Waals surface area contributed by atoms with Gasteiger partial charge in [0.1, 0.15) is 5.75 Å². The van der Waals surface area contributed by atoms with Gasteiger partial charge in [-0.25, -0.2) is 0 Å². The van der Waals surface area contributed by atoms with Crippen LogP contribution in [0.25, 0.3) is 5.57 Å². The summed E-state index contributed by atoms with van der Waals surface area (Å²) in [5.74, 6) is 1.34. The number of primary amides is 1. The molecule has 2 aliphatic carbocycles. The molecule has 2 saturated carbocycles. The van der Waals surface area contributed by atoms with E-state index in [9.17, 15) is 4.79 Å². The van der Waals surface area contributed by atoms with Crippen LogP contribution in [0.4, 0.5) is 0 Å². The molecule has 3 rings (SSSR count). The van der Waals surface area contributed by atoms with Gasteiger partial charge in [0.25, 0.3) is 0 Å². The molecule has 1 aromatic rings. The molecule has 202 valence electrons. The summed E-state index contributed by atoms with van der Waals surface area (Å²) < 4.78 is 10.6. The largest absolute Gasteiger partial charge is 0.496 e. The third-order valence-electron chi connectivity index (χ3n) is 7.29. The predicted octanol–water partition coefficient (Wildman–Crippen LogP) is 8.35. The fourth-order valence-corrected chi connectivity index (χ4v) is 5.40. The molecule has 0 heterocycles. The normalized spacial score (nSPS) is 21.9. The maximum Gasteiger partial charge on any atom is 0.249 e. The third-order valence-corrected chi connectivity index (χ3v) is 7.29. The number of ether oxygens (including phenoxy) is 2. The van der Waals surface area contributed by atoms with Crippen molar-refractivity contribution in [3.63, 3.8) is 0 Å². The van der Waals surface area contributed by atoms with Gasteiger partial charge in [0, 0.05) is 12.2 Å². The lowest BCUT2D eigenvalue weighted by Gasteiger charge is -2.32. The lowest BCUT2D eigenvalue weighted by atomic mass is 9.73. The molecule has 0 saturated heterocycles. The van der Waals surface area contributed by atoms with Crippen LogP contribution in [0.1, 0.15) is 112 Å². The van der Waals surface area contributed by atoms with E-state index in [0.717, 1.165) is 33.8 Å². The highest BCUT2D eigenvalue weighted by Gasteiger charge is 2.51. The van der Waals surface area contributed by atoms with Crippen LogP contribution in [-0.2, 0) is 9.53 Å². The fourth-order valence-electron chi connectivity index (χ4n) is 5.40. The molecular weight excluding hydrogens is 434 g/mol. The summed E-state index contributed by atoms with van der Waals surface area (Å²) in [7, 11) is 1.60. The van der Waals surface area contributed by atoms with E-state index in [1.807, 2.05) is 52.8 Å². The zero-order valence-corrected chi connectivity index (χ0v) is 24.8. The molecule has 0 aromatic heterocycles. The summed E-state index contributed by atoms with van der Waals surface area (Å²) in [6, 6.07) is 5.57. The predicted molar refractivity (Wildman–Crippen MR) is 152 cm³/mol. The Morgan fingerprint density at radius 2 is 1.71 bits per heavy atom. The monoisotopic (exact) mass is 489 g/mol. The van der Waals surface area contributed by atoms with Crippen molar-refractivity contribution in [2.75, 3.05) is 20.3 Å². The number of fused-ring (bicyclic) bond motifs is 2. The zero-order chi connectivity index (χ0) is 27.2. The van der Waals surface area contributed by atoms with Crippen molar-refractivity contribution in [2.45, 2.75) is 108 Å². The Labute approximate surface area is 217 Å². The van der Waals surface area contributed by atoms with E-state index in [4.69, 9.17) is 15.2 Å². The lowest BCUT2D eigenvalue weighted by Crippen LogP contribution is -2.22. The maximum atomic E-state index is 11.7. The zero-order valence-electron chi connectivity index (χ0n) is 24.8. The van der Waals surface area contributed by atoms with Crippen LogP contribution in [0.2, 0.25) is 0 Å². The molecule has 4 heteroatoms. The molecule has 2 atom stereocenters. The van der Waals surface area contributed by atoms with E-state index < -0.39 is 5.91 Å². The van der Waals surface area contributed by atoms with Crippen LogP contribution in [0.15, 0.2) is 23.8 Å². The minimum atomic E-state index is -0.450. The molecule has 4 nitrogen and oxygen atoms in total. The van der Waals surface area contributed by atoms with E-state index >= 15 is 0 Å². The van der Waals surface area contributed by atoms with Gasteiger partial charge in [0.2, 0.25) is 5.91 Å². The summed E-state index contributed by atoms with van der Waals surface area (Å²) >= 11 is 0. The standard InChI is InChI=1S/C15H21NO3.C10H18.C4H10.C2H6/c1-5-19-9-10(2)14(15(16)17)12-7-6-8-13(18-4)11(12)3;1-9(2)7-10(3)5-4-8(9)6-10;1-3-4-2;1-2/h6-8H,5,9H2,1-4H3,(H2,16,17);8H,4-7H2,1-3H3;3-4H2,1-2H3;1-2H3/b14-10+;;;/t;8?,10-;;/m.1../s1. The van der Waals surface area contributed by atoms with Crippen molar-refractivity contribution in [1.82, 2.24) is 0 Å². The van der Waals surface area contributed by atoms with E-state index in [-0.39, 0.29) is 0 Å². The summed E-state index contributed by atoms with van der Waals surface area (Å²) in [6.07, 6.45) is 8.63. The maximum absolute atomic E-state index is 11.7. The number of carbonyl (C=O) groups excluding carboxylic acids is 1. The molecular formula is C31H55NO3. The number of methoxy groups -OCH3 is 1. The van der Waals surface area contributed by atoms with Gasteiger partial charge >= 0.3 is 0 Å². The Balaban J connectivity index is 0.000000597. The molecule has 2 bridgehead atoms. The van der Waals surface area contributed by atoms with Gasteiger partial charge in [-0.15, -0.1) is 0 Å². The van der Waals surface area contributed by atoms with Crippen LogP contribution >= 0.6 is 0 Å². The Morgan fingerprint density at radius 1 is 1.11 bits per heavy atom. The molecule has 2 fully saturated rings. The summed E-state index contributed by atoms with van der Waals surface area (Å²) in [5.41, 5.74) is 9.95. The number of carbonyl (C=O) groups is 1. The van der Waals surface area contributed by atoms with Crippen LogP contribution in [0.5, 0.6) is 5.75 Å². The highest BCUT2D eigenvalue weighted by atomic mass is 16.5. The number of unbranched alkanes of at least 4 members (excludes halogenated alkanes) is 1. The SMILES string of the molecule is CC.CC1(C)C[C@]2(C)CCC1C2.CCCC.CCOC/C(C)=C(/C(N)=O)c1cccc(OC)c1C. The van der Waals surface area contributed by atoms with E-state index in [0.29, 0.717) is 24.2 Å². The van der Waals surface area contributed by atoms with Crippen LogP contribution in [0, 0.1) is 23.7 Å². The second kappa shape index (κ2) is 16.0. The number of nitrogens with two attached hydrogens (primary N) is 1. The van der Waals surface area contributed by atoms with Crippen molar-refractivity contribution in [3.8, 4) is 5.75 Å². The first-order valence-corrected chi connectivity index (χ1v) is 13.7. The first-order valence-electron chi connectivity index (χ1n) is 13.7. The molecule has 0 spiro atoms. The van der Waals surface area contributed by atoms with Crippen molar-refractivity contribution in [3.05, 3.63) is 34.9 Å². The van der Waals surface area contributed by atoms with Gasteiger partial charge < -0.3 is 15.2 Å². The second-order valence-corrected chi connectivity index (χ2v) is 10.7. The summed E-state index contributed by atoms with van der Waals surface area (Å²) in [5, 5.41) is 0. The summed E-state index contributed by atoms with van der Waals surface area (Å²) in [6.45, 7) is 22.4. The topological polar surface area (TPSA) is 61.5 Å². The fraction of sp³-hybridized carbons (Fsp3) is 0.710. The Hall–Kier alpha value is -1.81. The first-order chi connectivity index (χ1) is 16.5. The summed E-state index contributed by atoms with van der Waals surface area (Å²) in [4.78, 5) is 11.7. The number of rotatable bonds is 7. The molecule has 1 unspecified atom stereocenters. The number of benzene rings is 1. The van der Waals surface area contributed by atoms with Gasteiger partial charge in [-0.1, -0.05) is 73.4 Å². The van der Waals surface area contributed by atoms with Crippen LogP contribution in [0.3, 0.4) is 0 Å². The third kappa shape index (κ3) is 9.99. The van der Waals surface area contributed by atoms with E-state index in [1.165, 1.54) is 38.5 Å². The molecule has 0 radical (unpaired) electrons. The Bertz CT molecular complexity index is 792. The number of hydrogen-bond acceptors (Lipinski definition) is 3. The molecule has 0 aliphatic heterocycles. The molecule has 2 aliphatic rings. The van der Waals surface area contributed by atoms with Crippen molar-refractivity contribution in [1.29, 1.82) is 0 Å². The van der Waals surface area contributed by atoms with Crippen molar-refractivity contribution in [2.24, 2.45) is 22.5 Å². The second-order valence-electron chi connectivity index (χ2n) is 10.7. The molecule has 1 amide bonds. The van der Waals surface area contributed by atoms with Gasteiger partial charge in [0.15, 0.2) is 0 Å². The average Bonchev–Trinajstić information content (AvgIpc) is 3.32. The molecule has 2 N–H and O–H groups in total. The van der Waals surface area contributed by atoms with Gasteiger partial charge in [0.05, 0.1) is 13.7 Å². The highest BCUT2D eigenvalue weighted by Crippen LogP contribution is 2.62. The van der Waals surface area contributed by atoms with Gasteiger partial charge in [-0.3, -0.25) is 4.79 Å². The Kier molecular flexibility index (Phi) is 15.2. The van der Waals surface area contributed by atoms with Crippen LogP contribution < -0.4 is 10.5 Å².